The van der Waals surface area contributed by atoms with Crippen LogP contribution in [0.5, 0.6) is 11.5 Å². The summed E-state index contributed by atoms with van der Waals surface area (Å²) in [5.74, 6) is 1.66. The highest BCUT2D eigenvalue weighted by molar-refractivity contribution is 5.58. The van der Waals surface area contributed by atoms with Gasteiger partial charge < -0.3 is 18.9 Å². The Kier molecular flexibility index (Phi) is 12.9. The van der Waals surface area contributed by atoms with Crippen molar-refractivity contribution < 1.29 is 27.7 Å². The van der Waals surface area contributed by atoms with E-state index in [2.05, 4.69) is 19.1 Å². The van der Waals surface area contributed by atoms with Crippen LogP contribution < -0.4 is 9.47 Å². The van der Waals surface area contributed by atoms with Crippen molar-refractivity contribution in [2.75, 3.05) is 27.8 Å². The van der Waals surface area contributed by atoms with E-state index >= 15 is 0 Å². The molecule has 6 heteroatoms. The zero-order chi connectivity index (χ0) is 24.1. The van der Waals surface area contributed by atoms with Crippen molar-refractivity contribution in [3.05, 3.63) is 57.7 Å². The molecule has 0 atom stereocenters. The number of halogens is 2. The van der Waals surface area contributed by atoms with Gasteiger partial charge in [-0.1, -0.05) is 23.3 Å². The number of hydrogen-bond donors (Lipinski definition) is 0. The maximum Gasteiger partial charge on any atom is 0.266 e. The Labute approximate surface area is 191 Å². The summed E-state index contributed by atoms with van der Waals surface area (Å²) in [6, 6.07) is 0. The fourth-order valence-corrected chi connectivity index (χ4v) is 3.48. The maximum atomic E-state index is 12.1. The van der Waals surface area contributed by atoms with Crippen LogP contribution in [-0.2, 0) is 15.9 Å². The molecule has 0 radical (unpaired) electrons. The van der Waals surface area contributed by atoms with E-state index in [9.17, 15) is 8.78 Å². The monoisotopic (exact) mass is 452 g/mol. The van der Waals surface area contributed by atoms with Gasteiger partial charge in [0.15, 0.2) is 13.6 Å². The van der Waals surface area contributed by atoms with Crippen LogP contribution >= 0.6 is 0 Å². The van der Waals surface area contributed by atoms with Crippen LogP contribution in [0.2, 0.25) is 0 Å². The number of benzene rings is 1. The van der Waals surface area contributed by atoms with E-state index < -0.39 is 6.08 Å². The predicted molar refractivity (Wildman–Crippen MR) is 126 cm³/mol. The Hall–Kier alpha value is -2.18. The molecule has 32 heavy (non-hydrogen) atoms. The standard InChI is InChI=1S/C26H38F2O4/c1-18(12-9-13-24(27)28)10-8-11-19(2)14-15-23-22(5)25(31-16-29-6)20(3)21(4)26(23)32-17-30-7/h10,13-14H,8-9,11-12,15-17H2,1-7H3/b18-10+,19-14+. The molecule has 1 rings (SSSR count). The van der Waals surface area contributed by atoms with Crippen LogP contribution in [0.4, 0.5) is 8.78 Å². The van der Waals surface area contributed by atoms with E-state index in [4.69, 9.17) is 18.9 Å². The summed E-state index contributed by atoms with van der Waals surface area (Å²) >= 11 is 0. The molecule has 4 nitrogen and oxygen atoms in total. The Morgan fingerprint density at radius 2 is 1.22 bits per heavy atom. The Balaban J connectivity index is 2.97. The van der Waals surface area contributed by atoms with Crippen molar-refractivity contribution >= 4 is 0 Å². The van der Waals surface area contributed by atoms with Gasteiger partial charge in [-0.05, 0) is 89.5 Å². The fourth-order valence-electron chi connectivity index (χ4n) is 3.48. The van der Waals surface area contributed by atoms with E-state index in [-0.39, 0.29) is 13.6 Å². The van der Waals surface area contributed by atoms with Gasteiger partial charge in [-0.25, -0.2) is 0 Å². The molecule has 1 aromatic rings. The molecule has 0 unspecified atom stereocenters. The average Bonchev–Trinajstić information content (AvgIpc) is 2.74. The van der Waals surface area contributed by atoms with Crippen LogP contribution in [0.15, 0.2) is 35.5 Å². The van der Waals surface area contributed by atoms with Crippen molar-refractivity contribution in [1.82, 2.24) is 0 Å². The number of hydrogen-bond acceptors (Lipinski definition) is 4. The van der Waals surface area contributed by atoms with Crippen molar-refractivity contribution in [3.63, 3.8) is 0 Å². The van der Waals surface area contributed by atoms with Crippen LogP contribution in [0, 0.1) is 20.8 Å². The normalized spacial score (nSPS) is 12.2. The lowest BCUT2D eigenvalue weighted by atomic mass is 9.94. The first kappa shape index (κ1) is 27.9. The molecular formula is C26H38F2O4. The molecule has 0 saturated carbocycles. The summed E-state index contributed by atoms with van der Waals surface area (Å²) in [4.78, 5) is 0. The molecule has 0 fully saturated rings. The summed E-state index contributed by atoms with van der Waals surface area (Å²) in [6.07, 6.45) is 7.26. The zero-order valence-corrected chi connectivity index (χ0v) is 20.6. The molecular weight excluding hydrogens is 414 g/mol. The van der Waals surface area contributed by atoms with Gasteiger partial charge >= 0.3 is 0 Å². The Morgan fingerprint density at radius 1 is 0.719 bits per heavy atom. The van der Waals surface area contributed by atoms with Gasteiger partial charge in [-0.3, -0.25) is 0 Å². The average molecular weight is 453 g/mol. The van der Waals surface area contributed by atoms with Crippen LogP contribution in [0.1, 0.15) is 61.8 Å². The second kappa shape index (κ2) is 14.8. The van der Waals surface area contributed by atoms with E-state index in [1.807, 2.05) is 27.7 Å². The third-order valence-corrected chi connectivity index (χ3v) is 5.48. The molecule has 0 aliphatic carbocycles. The first-order chi connectivity index (χ1) is 15.2. The summed E-state index contributed by atoms with van der Waals surface area (Å²) in [5.41, 5.74) is 6.55. The lowest BCUT2D eigenvalue weighted by Crippen LogP contribution is -2.10. The minimum Gasteiger partial charge on any atom is -0.467 e. The Morgan fingerprint density at radius 3 is 1.78 bits per heavy atom. The van der Waals surface area contributed by atoms with Gasteiger partial charge in [0.05, 0.1) is 0 Å². The third-order valence-electron chi connectivity index (χ3n) is 5.48. The molecule has 180 valence electrons. The number of rotatable bonds is 14. The number of methoxy groups -OCH3 is 2. The molecule has 0 aliphatic heterocycles. The fraction of sp³-hybridized carbons (Fsp3) is 0.538. The van der Waals surface area contributed by atoms with Gasteiger partial charge in [0, 0.05) is 19.8 Å². The molecule has 0 heterocycles. The van der Waals surface area contributed by atoms with Gasteiger partial charge in [0.25, 0.3) is 6.08 Å². The number of ether oxygens (including phenoxy) is 4. The van der Waals surface area contributed by atoms with Crippen LogP contribution in [0.3, 0.4) is 0 Å². The highest BCUT2D eigenvalue weighted by Gasteiger charge is 2.19. The van der Waals surface area contributed by atoms with E-state index in [0.717, 1.165) is 58.2 Å². The predicted octanol–water partition coefficient (Wildman–Crippen LogP) is 7.35. The van der Waals surface area contributed by atoms with Crippen LogP contribution in [-0.4, -0.2) is 27.8 Å². The van der Waals surface area contributed by atoms with Gasteiger partial charge in [-0.15, -0.1) is 0 Å². The summed E-state index contributed by atoms with van der Waals surface area (Å²) in [6.45, 7) is 10.5. The van der Waals surface area contributed by atoms with Gasteiger partial charge in [0.1, 0.15) is 11.5 Å². The molecule has 0 aliphatic rings. The molecule has 0 spiro atoms. The molecule has 0 amide bonds. The SMILES string of the molecule is COCOc1c(C)c(C)c(OCOC)c(C/C=C(\C)CC/C=C(\C)CCC=C(F)F)c1C. The highest BCUT2D eigenvalue weighted by atomic mass is 19.3. The van der Waals surface area contributed by atoms with E-state index in [1.165, 1.54) is 5.57 Å². The Bertz CT molecular complexity index is 822. The van der Waals surface area contributed by atoms with Crippen molar-refractivity contribution in [2.24, 2.45) is 0 Å². The first-order valence-electron chi connectivity index (χ1n) is 10.9. The third kappa shape index (κ3) is 9.13. The molecule has 0 N–H and O–H groups in total. The number of allylic oxidation sites excluding steroid dienone is 5. The molecule has 0 saturated heterocycles. The van der Waals surface area contributed by atoms with Crippen molar-refractivity contribution in [1.29, 1.82) is 0 Å². The van der Waals surface area contributed by atoms with E-state index in [1.54, 1.807) is 14.2 Å². The van der Waals surface area contributed by atoms with Gasteiger partial charge in [0.2, 0.25) is 0 Å². The zero-order valence-electron chi connectivity index (χ0n) is 20.6. The summed E-state index contributed by atoms with van der Waals surface area (Å²) < 4.78 is 46.3. The second-order valence-corrected chi connectivity index (χ2v) is 7.99. The van der Waals surface area contributed by atoms with E-state index in [0.29, 0.717) is 19.3 Å². The molecule has 1 aromatic carbocycles. The second-order valence-electron chi connectivity index (χ2n) is 7.99. The van der Waals surface area contributed by atoms with Crippen molar-refractivity contribution in [3.8, 4) is 11.5 Å². The minimum absolute atomic E-state index is 0.180. The lowest BCUT2D eigenvalue weighted by molar-refractivity contribution is 0.0466. The molecule has 0 aromatic heterocycles. The maximum absolute atomic E-state index is 12.1. The van der Waals surface area contributed by atoms with Crippen molar-refractivity contribution in [2.45, 2.75) is 66.7 Å². The topological polar surface area (TPSA) is 36.9 Å². The first-order valence-corrected chi connectivity index (χ1v) is 10.9. The van der Waals surface area contributed by atoms with Gasteiger partial charge in [-0.2, -0.15) is 8.78 Å². The minimum atomic E-state index is -1.61. The smallest absolute Gasteiger partial charge is 0.266 e. The van der Waals surface area contributed by atoms with Crippen LogP contribution in [0.25, 0.3) is 0 Å². The molecule has 0 bridgehead atoms. The largest absolute Gasteiger partial charge is 0.467 e. The lowest BCUT2D eigenvalue weighted by Gasteiger charge is -2.22. The summed E-state index contributed by atoms with van der Waals surface area (Å²) in [5, 5.41) is 0. The highest BCUT2D eigenvalue weighted by Crippen LogP contribution is 2.38. The summed E-state index contributed by atoms with van der Waals surface area (Å²) in [7, 11) is 3.21. The quantitative estimate of drug-likeness (QED) is 0.218.